The molecule has 0 aliphatic heterocycles. The van der Waals surface area contributed by atoms with Crippen LogP contribution >= 0.6 is 0 Å². The van der Waals surface area contributed by atoms with Crippen molar-refractivity contribution in [3.8, 4) is 0 Å². The molecule has 0 saturated heterocycles. The summed E-state index contributed by atoms with van der Waals surface area (Å²) in [5, 5.41) is 4.65. The minimum atomic E-state index is -0.156. The molecule has 1 heterocycles. The van der Waals surface area contributed by atoms with Crippen LogP contribution in [0.4, 0.5) is 0 Å². The Hall–Kier alpha value is -1.81. The van der Waals surface area contributed by atoms with Gasteiger partial charge in [-0.25, -0.2) is 0 Å². The fourth-order valence-electron chi connectivity index (χ4n) is 3.36. The van der Waals surface area contributed by atoms with Gasteiger partial charge in [-0.3, -0.25) is 4.79 Å². The SMILES string of the molecule is CCOC(=O)Cn1c2c(c3ccccc31)CC(NC)CC2. The summed E-state index contributed by atoms with van der Waals surface area (Å²) in [5.41, 5.74) is 3.84. The Labute approximate surface area is 125 Å². The van der Waals surface area contributed by atoms with E-state index >= 15 is 0 Å². The molecule has 0 spiro atoms. The number of nitrogens with one attached hydrogen (secondary N) is 1. The molecule has 1 aromatic heterocycles. The van der Waals surface area contributed by atoms with Crippen molar-refractivity contribution in [2.45, 2.75) is 38.8 Å². The summed E-state index contributed by atoms with van der Waals surface area (Å²) in [6, 6.07) is 8.89. The number of rotatable bonds is 4. The molecule has 3 rings (SSSR count). The van der Waals surface area contributed by atoms with Crippen LogP contribution in [0.25, 0.3) is 10.9 Å². The van der Waals surface area contributed by atoms with E-state index in [1.807, 2.05) is 20.0 Å². The summed E-state index contributed by atoms with van der Waals surface area (Å²) < 4.78 is 7.27. The van der Waals surface area contributed by atoms with Crippen molar-refractivity contribution in [3.05, 3.63) is 35.5 Å². The van der Waals surface area contributed by atoms with Crippen molar-refractivity contribution in [3.63, 3.8) is 0 Å². The van der Waals surface area contributed by atoms with Gasteiger partial charge in [-0.2, -0.15) is 0 Å². The average molecular weight is 286 g/mol. The van der Waals surface area contributed by atoms with E-state index in [-0.39, 0.29) is 5.97 Å². The van der Waals surface area contributed by atoms with Gasteiger partial charge in [-0.05, 0) is 44.9 Å². The largest absolute Gasteiger partial charge is 0.465 e. The number of benzene rings is 1. The van der Waals surface area contributed by atoms with E-state index < -0.39 is 0 Å². The maximum absolute atomic E-state index is 11.9. The second-order valence-corrected chi connectivity index (χ2v) is 5.56. The predicted octanol–water partition coefficient (Wildman–Crippen LogP) is 2.28. The molecule has 0 radical (unpaired) electrons. The summed E-state index contributed by atoms with van der Waals surface area (Å²) in [7, 11) is 2.02. The normalized spacial score (nSPS) is 17.7. The monoisotopic (exact) mass is 286 g/mol. The van der Waals surface area contributed by atoms with Crippen LogP contribution in [0.1, 0.15) is 24.6 Å². The smallest absolute Gasteiger partial charge is 0.325 e. The van der Waals surface area contributed by atoms with Crippen molar-refractivity contribution in [2.24, 2.45) is 0 Å². The van der Waals surface area contributed by atoms with Crippen LogP contribution in [0.2, 0.25) is 0 Å². The number of aromatic nitrogens is 1. The highest BCUT2D eigenvalue weighted by Gasteiger charge is 2.25. The Kier molecular flexibility index (Phi) is 3.97. The Bertz CT molecular complexity index is 660. The van der Waals surface area contributed by atoms with Gasteiger partial charge < -0.3 is 14.6 Å². The molecule has 4 heteroatoms. The minimum Gasteiger partial charge on any atom is -0.465 e. The molecule has 1 aliphatic carbocycles. The van der Waals surface area contributed by atoms with Gasteiger partial charge in [0.2, 0.25) is 0 Å². The van der Waals surface area contributed by atoms with E-state index in [0.717, 1.165) is 24.8 Å². The number of para-hydroxylation sites is 1. The number of nitrogens with zero attached hydrogens (tertiary/aromatic N) is 1. The number of carbonyl (C=O) groups excluding carboxylic acids is 1. The molecule has 21 heavy (non-hydrogen) atoms. The van der Waals surface area contributed by atoms with Crippen LogP contribution in [0.3, 0.4) is 0 Å². The second-order valence-electron chi connectivity index (χ2n) is 5.56. The Morgan fingerprint density at radius 1 is 1.43 bits per heavy atom. The van der Waals surface area contributed by atoms with Gasteiger partial charge >= 0.3 is 5.97 Å². The first-order valence-electron chi connectivity index (χ1n) is 7.66. The van der Waals surface area contributed by atoms with Crippen molar-refractivity contribution in [1.82, 2.24) is 9.88 Å². The van der Waals surface area contributed by atoms with E-state index in [1.54, 1.807) is 0 Å². The summed E-state index contributed by atoms with van der Waals surface area (Å²) in [5.74, 6) is -0.156. The van der Waals surface area contributed by atoms with Crippen LogP contribution < -0.4 is 5.32 Å². The standard InChI is InChI=1S/C17H22N2O2/c1-3-21-17(20)11-19-15-7-5-4-6-13(15)14-10-12(18-2)8-9-16(14)19/h4-7,12,18H,3,8-11H2,1-2H3. The lowest BCUT2D eigenvalue weighted by Crippen LogP contribution is -2.32. The lowest BCUT2D eigenvalue weighted by Gasteiger charge is -2.23. The summed E-state index contributed by atoms with van der Waals surface area (Å²) in [4.78, 5) is 11.9. The third kappa shape index (κ3) is 2.56. The maximum atomic E-state index is 11.9. The van der Waals surface area contributed by atoms with Gasteiger partial charge in [0.25, 0.3) is 0 Å². The van der Waals surface area contributed by atoms with Gasteiger partial charge in [0.1, 0.15) is 6.54 Å². The van der Waals surface area contributed by atoms with Gasteiger partial charge in [-0.1, -0.05) is 18.2 Å². The topological polar surface area (TPSA) is 43.3 Å². The molecule has 112 valence electrons. The van der Waals surface area contributed by atoms with Gasteiger partial charge in [-0.15, -0.1) is 0 Å². The number of fused-ring (bicyclic) bond motifs is 3. The molecule has 1 aliphatic rings. The molecular formula is C17H22N2O2. The van der Waals surface area contributed by atoms with Gasteiger partial charge in [0.05, 0.1) is 6.61 Å². The first kappa shape index (κ1) is 14.1. The number of ether oxygens (including phenoxy) is 1. The van der Waals surface area contributed by atoms with Gasteiger partial charge in [0.15, 0.2) is 0 Å². The van der Waals surface area contributed by atoms with Crippen molar-refractivity contribution >= 4 is 16.9 Å². The first-order valence-corrected chi connectivity index (χ1v) is 7.66. The Balaban J connectivity index is 2.05. The molecule has 4 nitrogen and oxygen atoms in total. The zero-order chi connectivity index (χ0) is 14.8. The summed E-state index contributed by atoms with van der Waals surface area (Å²) >= 11 is 0. The molecular weight excluding hydrogens is 264 g/mol. The number of hydrogen-bond donors (Lipinski definition) is 1. The zero-order valence-electron chi connectivity index (χ0n) is 12.7. The third-order valence-electron chi connectivity index (χ3n) is 4.38. The van der Waals surface area contributed by atoms with Crippen molar-refractivity contribution in [2.75, 3.05) is 13.7 Å². The van der Waals surface area contributed by atoms with Crippen LogP contribution in [0.15, 0.2) is 24.3 Å². The molecule has 0 amide bonds. The Morgan fingerprint density at radius 3 is 3.00 bits per heavy atom. The lowest BCUT2D eigenvalue weighted by atomic mass is 9.91. The van der Waals surface area contributed by atoms with Gasteiger partial charge in [0, 0.05) is 22.6 Å². The van der Waals surface area contributed by atoms with E-state index in [1.165, 1.54) is 16.6 Å². The molecule has 0 fully saturated rings. The first-order chi connectivity index (χ1) is 10.2. The minimum absolute atomic E-state index is 0.156. The zero-order valence-corrected chi connectivity index (χ0v) is 12.7. The Morgan fingerprint density at radius 2 is 2.24 bits per heavy atom. The molecule has 0 saturated carbocycles. The molecule has 1 atom stereocenters. The number of likely N-dealkylation sites (N-methyl/N-ethyl adjacent to an activating group) is 1. The van der Waals surface area contributed by atoms with E-state index in [9.17, 15) is 4.79 Å². The molecule has 1 N–H and O–H groups in total. The number of carbonyl (C=O) groups is 1. The highest BCUT2D eigenvalue weighted by Crippen LogP contribution is 2.32. The highest BCUT2D eigenvalue weighted by atomic mass is 16.5. The second kappa shape index (κ2) is 5.90. The lowest BCUT2D eigenvalue weighted by molar-refractivity contribution is -0.143. The van der Waals surface area contributed by atoms with Crippen LogP contribution in [-0.2, 0) is 28.9 Å². The predicted molar refractivity (Wildman–Crippen MR) is 83.4 cm³/mol. The fraction of sp³-hybridized carbons (Fsp3) is 0.471. The molecule has 1 aromatic carbocycles. The fourth-order valence-corrected chi connectivity index (χ4v) is 3.36. The van der Waals surface area contributed by atoms with Crippen LogP contribution in [0, 0.1) is 0 Å². The van der Waals surface area contributed by atoms with E-state index in [4.69, 9.17) is 4.74 Å². The number of esters is 1. The third-order valence-corrected chi connectivity index (χ3v) is 4.38. The number of hydrogen-bond acceptors (Lipinski definition) is 3. The maximum Gasteiger partial charge on any atom is 0.325 e. The quantitative estimate of drug-likeness (QED) is 0.877. The summed E-state index contributed by atoms with van der Waals surface area (Å²) in [6.45, 7) is 2.59. The van der Waals surface area contributed by atoms with Crippen LogP contribution in [0.5, 0.6) is 0 Å². The van der Waals surface area contributed by atoms with E-state index in [0.29, 0.717) is 19.2 Å². The van der Waals surface area contributed by atoms with Crippen LogP contribution in [-0.4, -0.2) is 30.2 Å². The highest BCUT2D eigenvalue weighted by molar-refractivity contribution is 5.87. The molecule has 2 aromatic rings. The van der Waals surface area contributed by atoms with Crippen molar-refractivity contribution < 1.29 is 9.53 Å². The molecule has 1 unspecified atom stereocenters. The van der Waals surface area contributed by atoms with E-state index in [2.05, 4.69) is 28.1 Å². The average Bonchev–Trinajstić information content (AvgIpc) is 2.81. The van der Waals surface area contributed by atoms with Crippen molar-refractivity contribution in [1.29, 1.82) is 0 Å². The summed E-state index contributed by atoms with van der Waals surface area (Å²) in [6.07, 6.45) is 3.15. The molecule has 0 bridgehead atoms.